The van der Waals surface area contributed by atoms with Gasteiger partial charge in [-0.1, -0.05) is 6.08 Å². The predicted octanol–water partition coefficient (Wildman–Crippen LogP) is 3.94. The van der Waals surface area contributed by atoms with E-state index in [1.165, 1.54) is 4.90 Å². The molecule has 0 bridgehead atoms. The number of alkyl halides is 3. The van der Waals surface area contributed by atoms with Crippen LogP contribution in [0.1, 0.15) is 47.0 Å². The molecule has 0 aromatic carbocycles. The molecule has 0 saturated carbocycles. The molecule has 1 aliphatic heterocycles. The van der Waals surface area contributed by atoms with E-state index >= 15 is 0 Å². The molecule has 27 heavy (non-hydrogen) atoms. The first-order valence-electron chi connectivity index (χ1n) is 9.24. The van der Waals surface area contributed by atoms with E-state index in [9.17, 15) is 18.0 Å². The Hall–Kier alpha value is -1.54. The minimum absolute atomic E-state index is 0.116. The fraction of sp³-hybridized carbons (Fsp3) is 0.737. The molecule has 8 heteroatoms. The lowest BCUT2D eigenvalue weighted by Crippen LogP contribution is -2.47. The lowest BCUT2D eigenvalue weighted by atomic mass is 9.92. The summed E-state index contributed by atoms with van der Waals surface area (Å²) in [4.78, 5) is 13.7. The van der Waals surface area contributed by atoms with Crippen LogP contribution in [0.25, 0.3) is 0 Å². The quantitative estimate of drug-likeness (QED) is 0.793. The number of carbonyl (C=O) groups is 1. The zero-order valence-electron chi connectivity index (χ0n) is 16.3. The van der Waals surface area contributed by atoms with E-state index in [1.807, 2.05) is 0 Å². The second-order valence-electron chi connectivity index (χ2n) is 8.14. The van der Waals surface area contributed by atoms with Gasteiger partial charge in [0.1, 0.15) is 5.60 Å². The number of hydrogen-bond acceptors (Lipinski definition) is 4. The monoisotopic (exact) mass is 390 g/mol. The normalized spacial score (nSPS) is 25.6. The highest BCUT2D eigenvalue weighted by Crippen LogP contribution is 2.36. The Morgan fingerprint density at radius 2 is 2.00 bits per heavy atom. The van der Waals surface area contributed by atoms with Gasteiger partial charge in [-0.05, 0) is 58.6 Å². The fourth-order valence-electron chi connectivity index (χ4n) is 3.19. The number of piperidine rings is 1. The summed E-state index contributed by atoms with van der Waals surface area (Å²) >= 11 is 0. The first-order valence-corrected chi connectivity index (χ1v) is 9.24. The number of likely N-dealkylation sites (tertiary alicyclic amines) is 1. The molecule has 0 aromatic rings. The molecule has 2 N–H and O–H groups in total. The van der Waals surface area contributed by atoms with Crippen molar-refractivity contribution in [1.82, 2.24) is 4.90 Å². The third-order valence-electron chi connectivity index (χ3n) is 4.48. The van der Waals surface area contributed by atoms with Gasteiger partial charge in [0, 0.05) is 12.6 Å². The molecule has 1 aliphatic carbocycles. The van der Waals surface area contributed by atoms with Crippen molar-refractivity contribution in [3.63, 3.8) is 0 Å². The van der Waals surface area contributed by atoms with Crippen molar-refractivity contribution in [1.29, 1.82) is 0 Å². The van der Waals surface area contributed by atoms with Crippen LogP contribution in [-0.4, -0.2) is 54.1 Å². The largest absolute Gasteiger partial charge is 0.444 e. The maximum atomic E-state index is 13.5. The molecule has 2 rings (SSSR count). The molecule has 0 radical (unpaired) electrons. The molecule has 1 saturated heterocycles. The number of amides is 1. The van der Waals surface area contributed by atoms with Crippen molar-refractivity contribution >= 4 is 6.09 Å². The molecular weight excluding hydrogens is 361 g/mol. The van der Waals surface area contributed by atoms with Gasteiger partial charge in [0.15, 0.2) is 0 Å². The second kappa shape index (κ2) is 8.22. The van der Waals surface area contributed by atoms with Crippen LogP contribution >= 0.6 is 0 Å². The Kier molecular flexibility index (Phi) is 6.63. The third-order valence-corrected chi connectivity index (χ3v) is 4.48. The smallest absolute Gasteiger partial charge is 0.415 e. The summed E-state index contributed by atoms with van der Waals surface area (Å²) in [5, 5.41) is 0. The molecule has 0 spiro atoms. The Morgan fingerprint density at radius 3 is 2.56 bits per heavy atom. The van der Waals surface area contributed by atoms with Crippen LogP contribution in [-0.2, 0) is 9.47 Å². The molecule has 154 valence electrons. The van der Waals surface area contributed by atoms with Crippen molar-refractivity contribution in [3.05, 3.63) is 23.3 Å². The van der Waals surface area contributed by atoms with Crippen LogP contribution < -0.4 is 5.73 Å². The summed E-state index contributed by atoms with van der Waals surface area (Å²) in [7, 11) is 0. The van der Waals surface area contributed by atoms with Crippen molar-refractivity contribution < 1.29 is 27.4 Å². The SMILES string of the molecule is CC(N)C1=CCC(OC2CCCN(C(=O)OC(C)(C)C)C2)C(C(F)(F)F)=C1. The van der Waals surface area contributed by atoms with Gasteiger partial charge in [-0.15, -0.1) is 0 Å². The standard InChI is InChI=1S/C19H29F3N2O3/c1-12(23)13-7-8-16(15(10-13)19(20,21)22)26-14-6-5-9-24(11-14)17(25)27-18(2,3)4/h7,10,12,14,16H,5-6,8-9,11,23H2,1-4H3. The van der Waals surface area contributed by atoms with E-state index in [0.717, 1.165) is 6.08 Å². The van der Waals surface area contributed by atoms with E-state index in [4.69, 9.17) is 15.2 Å². The topological polar surface area (TPSA) is 64.8 Å². The number of nitrogens with two attached hydrogens (primary N) is 1. The molecule has 1 amide bonds. The fourth-order valence-corrected chi connectivity index (χ4v) is 3.19. The van der Waals surface area contributed by atoms with E-state index in [-0.39, 0.29) is 13.0 Å². The number of ether oxygens (including phenoxy) is 2. The lowest BCUT2D eigenvalue weighted by molar-refractivity contribution is -0.122. The highest BCUT2D eigenvalue weighted by Gasteiger charge is 2.42. The molecule has 0 aromatic heterocycles. The molecule has 3 unspecified atom stereocenters. The number of nitrogens with zero attached hydrogens (tertiary/aromatic N) is 1. The Morgan fingerprint density at radius 1 is 1.33 bits per heavy atom. The van der Waals surface area contributed by atoms with Crippen LogP contribution in [0.2, 0.25) is 0 Å². The number of rotatable bonds is 3. The van der Waals surface area contributed by atoms with E-state index in [2.05, 4.69) is 0 Å². The van der Waals surface area contributed by atoms with E-state index in [1.54, 1.807) is 33.8 Å². The minimum Gasteiger partial charge on any atom is -0.444 e. The maximum Gasteiger partial charge on any atom is 0.415 e. The predicted molar refractivity (Wildman–Crippen MR) is 96.2 cm³/mol. The van der Waals surface area contributed by atoms with Gasteiger partial charge in [0.05, 0.1) is 24.3 Å². The van der Waals surface area contributed by atoms with Crippen LogP contribution in [0, 0.1) is 0 Å². The molecule has 5 nitrogen and oxygen atoms in total. The van der Waals surface area contributed by atoms with Crippen LogP contribution in [0.15, 0.2) is 23.3 Å². The van der Waals surface area contributed by atoms with Gasteiger partial charge in [0.2, 0.25) is 0 Å². The van der Waals surface area contributed by atoms with Crippen LogP contribution in [0.5, 0.6) is 0 Å². The van der Waals surface area contributed by atoms with Crippen molar-refractivity contribution in [2.24, 2.45) is 5.73 Å². The van der Waals surface area contributed by atoms with Gasteiger partial charge < -0.3 is 20.1 Å². The summed E-state index contributed by atoms with van der Waals surface area (Å²) in [5.74, 6) is 0. The Balaban J connectivity index is 2.05. The van der Waals surface area contributed by atoms with Crippen molar-refractivity contribution in [2.75, 3.05) is 13.1 Å². The van der Waals surface area contributed by atoms with E-state index < -0.39 is 41.7 Å². The molecule has 3 atom stereocenters. The average Bonchev–Trinajstić information content (AvgIpc) is 2.52. The third kappa shape index (κ3) is 6.24. The summed E-state index contributed by atoms with van der Waals surface area (Å²) in [6, 6.07) is -0.472. The molecule has 1 heterocycles. The van der Waals surface area contributed by atoms with E-state index in [0.29, 0.717) is 25.0 Å². The van der Waals surface area contributed by atoms with Gasteiger partial charge in [-0.3, -0.25) is 0 Å². The van der Waals surface area contributed by atoms with Crippen LogP contribution in [0.4, 0.5) is 18.0 Å². The Bertz CT molecular complexity index is 606. The highest BCUT2D eigenvalue weighted by molar-refractivity contribution is 5.68. The number of hydrogen-bond donors (Lipinski definition) is 1. The molecule has 1 fully saturated rings. The maximum absolute atomic E-state index is 13.5. The second-order valence-corrected chi connectivity index (χ2v) is 8.14. The Labute approximate surface area is 158 Å². The van der Waals surface area contributed by atoms with Gasteiger partial charge in [-0.2, -0.15) is 13.2 Å². The zero-order chi connectivity index (χ0) is 20.4. The summed E-state index contributed by atoms with van der Waals surface area (Å²) in [6.45, 7) is 7.70. The zero-order valence-corrected chi connectivity index (χ0v) is 16.3. The van der Waals surface area contributed by atoms with Crippen LogP contribution in [0.3, 0.4) is 0 Å². The number of halogens is 3. The highest BCUT2D eigenvalue weighted by atomic mass is 19.4. The first kappa shape index (κ1) is 21.8. The van der Waals surface area contributed by atoms with Crippen molar-refractivity contribution in [3.8, 4) is 0 Å². The van der Waals surface area contributed by atoms with Gasteiger partial charge in [-0.25, -0.2) is 4.79 Å². The summed E-state index contributed by atoms with van der Waals surface area (Å²) < 4.78 is 51.6. The minimum atomic E-state index is -4.49. The summed E-state index contributed by atoms with van der Waals surface area (Å²) in [5.41, 5.74) is 4.84. The van der Waals surface area contributed by atoms with Gasteiger partial charge >= 0.3 is 12.3 Å². The van der Waals surface area contributed by atoms with Crippen molar-refractivity contribution in [2.45, 2.75) is 77.0 Å². The first-order chi connectivity index (χ1) is 12.4. The molecular formula is C19H29F3N2O3. The average molecular weight is 390 g/mol. The lowest BCUT2D eigenvalue weighted by Gasteiger charge is -2.36. The van der Waals surface area contributed by atoms with Gasteiger partial charge in [0.25, 0.3) is 0 Å². The molecule has 2 aliphatic rings. The summed E-state index contributed by atoms with van der Waals surface area (Å²) in [6.07, 6.45) is -2.35. The number of carbonyl (C=O) groups excluding carboxylic acids is 1.